The van der Waals surface area contributed by atoms with Crippen molar-refractivity contribution >= 4 is 11.7 Å². The van der Waals surface area contributed by atoms with Crippen molar-refractivity contribution in [2.75, 3.05) is 0 Å². The summed E-state index contributed by atoms with van der Waals surface area (Å²) in [6.45, 7) is 2.71. The van der Waals surface area contributed by atoms with E-state index in [1.807, 2.05) is 0 Å². The second-order valence-electron chi connectivity index (χ2n) is 5.38. The Morgan fingerprint density at radius 2 is 1.74 bits per heavy atom. The van der Waals surface area contributed by atoms with Crippen LogP contribution < -0.4 is 0 Å². The van der Waals surface area contributed by atoms with Gasteiger partial charge in [-0.1, -0.05) is 15.9 Å². The molecule has 0 aromatic carbocycles. The molecule has 0 aliphatic carbocycles. The second-order valence-corrected chi connectivity index (χ2v) is 5.38. The molecule has 2 atom stereocenters. The first-order chi connectivity index (χ1) is 10.4. The molecule has 3 aliphatic rings. The maximum Gasteiger partial charge on any atom is 0.454 e. The molecule has 0 amide bonds. The highest BCUT2D eigenvalue weighted by Gasteiger charge is 2.62. The van der Waals surface area contributed by atoms with Crippen molar-refractivity contribution in [2.45, 2.75) is 44.6 Å². The van der Waals surface area contributed by atoms with E-state index in [2.05, 4.69) is 10.3 Å². The summed E-state index contributed by atoms with van der Waals surface area (Å²) in [5, 5.41) is 6.42. The molecular weight excluding hydrogens is 334 g/mol. The predicted octanol–water partition coefficient (Wildman–Crippen LogP) is 2.71. The minimum Gasteiger partial charge on any atom is -0.366 e. The molecule has 0 N–H and O–H groups in total. The van der Waals surface area contributed by atoms with Gasteiger partial charge in [-0.25, -0.2) is 10.0 Å². The number of halogens is 6. The van der Waals surface area contributed by atoms with Crippen LogP contribution in [0.15, 0.2) is 22.0 Å². The summed E-state index contributed by atoms with van der Waals surface area (Å²) < 4.78 is 78.8. The average Bonchev–Trinajstić information content (AvgIpc) is 2.86. The number of fused-ring (bicyclic) bond motifs is 3. The number of rotatable bonds is 0. The molecule has 0 bridgehead atoms. The van der Waals surface area contributed by atoms with Crippen LogP contribution in [-0.4, -0.2) is 46.0 Å². The third-order valence-electron chi connectivity index (χ3n) is 3.42. The number of hydrogen-bond acceptors (Lipinski definition) is 6. The number of hydrogen-bond donors (Lipinski definition) is 0. The number of oxime groups is 2. The zero-order valence-electron chi connectivity index (χ0n) is 11.7. The van der Waals surface area contributed by atoms with E-state index in [9.17, 15) is 26.3 Å². The Bertz CT molecular complexity index is 625. The highest BCUT2D eigenvalue weighted by molar-refractivity contribution is 5.94. The zero-order chi connectivity index (χ0) is 17.2. The van der Waals surface area contributed by atoms with Gasteiger partial charge in [-0.2, -0.15) is 26.3 Å². The molecule has 0 aromatic rings. The summed E-state index contributed by atoms with van der Waals surface area (Å²) in [6, 6.07) is 0. The summed E-state index contributed by atoms with van der Waals surface area (Å²) in [7, 11) is 0. The molecule has 0 radical (unpaired) electrons. The second kappa shape index (κ2) is 4.45. The van der Waals surface area contributed by atoms with E-state index in [0.29, 0.717) is 10.6 Å². The van der Waals surface area contributed by atoms with E-state index in [0.717, 1.165) is 0 Å². The summed E-state index contributed by atoms with van der Waals surface area (Å²) in [5.74, 6) is -3.21. The third kappa shape index (κ3) is 2.36. The molecule has 12 heteroatoms. The van der Waals surface area contributed by atoms with Gasteiger partial charge in [0, 0.05) is 13.3 Å². The topological polar surface area (TPSA) is 49.7 Å². The van der Waals surface area contributed by atoms with Crippen LogP contribution in [0.2, 0.25) is 0 Å². The van der Waals surface area contributed by atoms with Crippen molar-refractivity contribution in [1.82, 2.24) is 10.0 Å². The lowest BCUT2D eigenvalue weighted by Crippen LogP contribution is -2.62. The van der Waals surface area contributed by atoms with E-state index >= 15 is 0 Å². The quantitative estimate of drug-likeness (QED) is 0.501. The maximum atomic E-state index is 13.2. The normalized spacial score (nSPS) is 30.6. The van der Waals surface area contributed by atoms with E-state index in [1.54, 1.807) is 0 Å². The van der Waals surface area contributed by atoms with Crippen LogP contribution >= 0.6 is 0 Å². The summed E-state index contributed by atoms with van der Waals surface area (Å²) in [6.07, 6.45) is -10.2. The van der Waals surface area contributed by atoms with E-state index < -0.39 is 36.0 Å². The van der Waals surface area contributed by atoms with Crippen LogP contribution in [0.3, 0.4) is 0 Å². The first-order valence-electron chi connectivity index (χ1n) is 6.35. The predicted molar refractivity (Wildman–Crippen MR) is 63.4 cm³/mol. The monoisotopic (exact) mass is 344 g/mol. The Labute approximate surface area is 125 Å². The molecule has 0 saturated heterocycles. The van der Waals surface area contributed by atoms with Crippen molar-refractivity contribution in [3.63, 3.8) is 0 Å². The maximum absolute atomic E-state index is 13.2. The highest BCUT2D eigenvalue weighted by atomic mass is 19.4. The standard InChI is InChI=1S/C11H10F6N4O2/c1-5-3-6-20(7(18-22-6)10(12,13)14)21-8(11(15,16)17)19-23-9(21,2)4-5/h4,6H,3H2,1-2H3. The Morgan fingerprint density at radius 3 is 2.30 bits per heavy atom. The van der Waals surface area contributed by atoms with Crippen molar-refractivity contribution in [2.24, 2.45) is 10.3 Å². The minimum atomic E-state index is -5.02. The van der Waals surface area contributed by atoms with Crippen molar-refractivity contribution in [1.29, 1.82) is 0 Å². The summed E-state index contributed by atoms with van der Waals surface area (Å²) in [4.78, 5) is 9.50. The fourth-order valence-electron chi connectivity index (χ4n) is 2.65. The molecular formula is C11H10F6N4O2. The lowest BCUT2D eigenvalue weighted by molar-refractivity contribution is -0.167. The van der Waals surface area contributed by atoms with Crippen LogP contribution in [0, 0.1) is 0 Å². The van der Waals surface area contributed by atoms with Gasteiger partial charge in [0.15, 0.2) is 0 Å². The first kappa shape index (κ1) is 15.7. The van der Waals surface area contributed by atoms with Crippen molar-refractivity contribution in [3.05, 3.63) is 11.6 Å². The minimum absolute atomic E-state index is 0.0797. The Balaban J connectivity index is 2.12. The Kier molecular flexibility index (Phi) is 3.04. The van der Waals surface area contributed by atoms with Gasteiger partial charge in [-0.15, -0.1) is 0 Å². The number of nitrogens with zero attached hydrogens (tertiary/aromatic N) is 4. The average molecular weight is 344 g/mol. The van der Waals surface area contributed by atoms with Crippen molar-refractivity contribution in [3.8, 4) is 0 Å². The van der Waals surface area contributed by atoms with E-state index in [4.69, 9.17) is 9.68 Å². The van der Waals surface area contributed by atoms with Gasteiger partial charge < -0.3 is 9.68 Å². The van der Waals surface area contributed by atoms with E-state index in [-0.39, 0.29) is 11.4 Å². The Hall–Kier alpha value is -2.14. The van der Waals surface area contributed by atoms with Gasteiger partial charge in [0.05, 0.1) is 0 Å². The van der Waals surface area contributed by atoms with Crippen LogP contribution in [0.5, 0.6) is 0 Å². The van der Waals surface area contributed by atoms with Crippen LogP contribution in [0.1, 0.15) is 20.3 Å². The van der Waals surface area contributed by atoms with Crippen LogP contribution in [0.4, 0.5) is 26.3 Å². The fraction of sp³-hybridized carbons (Fsp3) is 0.636. The van der Waals surface area contributed by atoms with Crippen LogP contribution in [-0.2, 0) is 9.68 Å². The van der Waals surface area contributed by atoms with Gasteiger partial charge in [0.25, 0.3) is 11.7 Å². The van der Waals surface area contributed by atoms with Gasteiger partial charge >= 0.3 is 12.4 Å². The molecule has 6 nitrogen and oxygen atoms in total. The largest absolute Gasteiger partial charge is 0.454 e. The number of alkyl halides is 6. The smallest absolute Gasteiger partial charge is 0.366 e. The molecule has 3 rings (SSSR count). The number of amidine groups is 2. The molecule has 3 heterocycles. The van der Waals surface area contributed by atoms with Gasteiger partial charge in [-0.3, -0.25) is 0 Å². The van der Waals surface area contributed by atoms with Gasteiger partial charge in [0.1, 0.15) is 0 Å². The molecule has 2 unspecified atom stereocenters. The molecule has 0 fully saturated rings. The highest BCUT2D eigenvalue weighted by Crippen LogP contribution is 2.42. The van der Waals surface area contributed by atoms with Gasteiger partial charge in [0.2, 0.25) is 12.0 Å². The fourth-order valence-corrected chi connectivity index (χ4v) is 2.65. The first-order valence-corrected chi connectivity index (χ1v) is 6.35. The van der Waals surface area contributed by atoms with Crippen molar-refractivity contribution < 1.29 is 36.0 Å². The van der Waals surface area contributed by atoms with Crippen LogP contribution in [0.25, 0.3) is 0 Å². The lowest BCUT2D eigenvalue weighted by Gasteiger charge is -2.39. The Morgan fingerprint density at radius 1 is 1.13 bits per heavy atom. The molecule has 0 aromatic heterocycles. The van der Waals surface area contributed by atoms with Gasteiger partial charge in [-0.05, 0) is 13.0 Å². The number of hydrazine groups is 1. The molecule has 0 spiro atoms. The molecule has 3 aliphatic heterocycles. The molecule has 0 saturated carbocycles. The molecule has 128 valence electrons. The third-order valence-corrected chi connectivity index (χ3v) is 3.42. The van der Waals surface area contributed by atoms with E-state index in [1.165, 1.54) is 19.9 Å². The summed E-state index contributed by atoms with van der Waals surface area (Å²) in [5.41, 5.74) is -1.40. The SMILES string of the molecule is CC1=CC2(C)ON=C(C(F)(F)F)N2N2C(C(F)(F)F)=NOC2C1. The summed E-state index contributed by atoms with van der Waals surface area (Å²) >= 11 is 0. The molecule has 23 heavy (non-hydrogen) atoms. The zero-order valence-corrected chi connectivity index (χ0v) is 11.7. The lowest BCUT2D eigenvalue weighted by atomic mass is 10.1.